The number of hydrogen-bond donors (Lipinski definition) is 2. The van der Waals surface area contributed by atoms with Gasteiger partial charge in [0.2, 0.25) is 5.76 Å². The van der Waals surface area contributed by atoms with Crippen LogP contribution in [0.3, 0.4) is 0 Å². The minimum atomic E-state index is -0.256. The van der Waals surface area contributed by atoms with Crippen molar-refractivity contribution >= 4 is 5.91 Å². The van der Waals surface area contributed by atoms with E-state index in [0.29, 0.717) is 12.2 Å². The third-order valence-electron chi connectivity index (χ3n) is 4.03. The third-order valence-corrected chi connectivity index (χ3v) is 4.03. The number of hydrogen-bond acceptors (Lipinski definition) is 4. The Labute approximate surface area is 123 Å². The lowest BCUT2D eigenvalue weighted by Gasteiger charge is -2.13. The summed E-state index contributed by atoms with van der Waals surface area (Å²) >= 11 is 0. The number of benzene rings is 1. The van der Waals surface area contributed by atoms with Gasteiger partial charge in [0.15, 0.2) is 0 Å². The van der Waals surface area contributed by atoms with Crippen LogP contribution in [0.5, 0.6) is 0 Å². The van der Waals surface area contributed by atoms with Gasteiger partial charge in [-0.2, -0.15) is 0 Å². The smallest absolute Gasteiger partial charge is 0.289 e. The number of aromatic nitrogens is 1. The molecule has 0 unspecified atom stereocenters. The zero-order valence-electron chi connectivity index (χ0n) is 11.7. The molecule has 110 valence electrons. The lowest BCUT2D eigenvalue weighted by atomic mass is 10.0. The fourth-order valence-electron chi connectivity index (χ4n) is 2.41. The molecule has 2 N–H and O–H groups in total. The molecule has 1 aromatic carbocycles. The molecule has 1 saturated carbocycles. The summed E-state index contributed by atoms with van der Waals surface area (Å²) in [6, 6.07) is 11.2. The van der Waals surface area contributed by atoms with Gasteiger partial charge in [-0.05, 0) is 24.7 Å². The SMILES string of the molecule is O=C(NCC1(CCO)CC1)c1cc(-c2ccccc2)no1. The van der Waals surface area contributed by atoms with Gasteiger partial charge in [0.25, 0.3) is 5.91 Å². The number of aliphatic hydroxyl groups excluding tert-OH is 1. The van der Waals surface area contributed by atoms with Crippen LogP contribution in [-0.4, -0.2) is 29.3 Å². The Morgan fingerprint density at radius 3 is 2.76 bits per heavy atom. The first-order valence-corrected chi connectivity index (χ1v) is 7.14. The molecule has 2 aromatic rings. The molecular weight excluding hydrogens is 268 g/mol. The largest absolute Gasteiger partial charge is 0.396 e. The summed E-state index contributed by atoms with van der Waals surface area (Å²) in [6.45, 7) is 0.740. The fourth-order valence-corrected chi connectivity index (χ4v) is 2.41. The lowest BCUT2D eigenvalue weighted by molar-refractivity contribution is 0.0904. The molecule has 0 radical (unpaired) electrons. The summed E-state index contributed by atoms with van der Waals surface area (Å²) in [5, 5.41) is 15.8. The highest BCUT2D eigenvalue weighted by Gasteiger charge is 2.42. The monoisotopic (exact) mass is 286 g/mol. The van der Waals surface area contributed by atoms with Gasteiger partial charge in [0.1, 0.15) is 5.69 Å². The molecule has 0 atom stereocenters. The van der Waals surface area contributed by atoms with Gasteiger partial charge in [-0.3, -0.25) is 4.79 Å². The second-order valence-electron chi connectivity index (χ2n) is 5.60. The minimum absolute atomic E-state index is 0.0900. The first kappa shape index (κ1) is 13.8. The van der Waals surface area contributed by atoms with Crippen LogP contribution in [0.4, 0.5) is 0 Å². The topological polar surface area (TPSA) is 75.4 Å². The van der Waals surface area contributed by atoms with Gasteiger partial charge in [-0.15, -0.1) is 0 Å². The predicted molar refractivity (Wildman–Crippen MR) is 77.6 cm³/mol. The Morgan fingerprint density at radius 2 is 2.10 bits per heavy atom. The van der Waals surface area contributed by atoms with Crippen molar-refractivity contribution in [3.63, 3.8) is 0 Å². The molecule has 1 aliphatic rings. The number of rotatable bonds is 6. The van der Waals surface area contributed by atoms with E-state index in [4.69, 9.17) is 9.63 Å². The van der Waals surface area contributed by atoms with Crippen LogP contribution < -0.4 is 5.32 Å². The maximum Gasteiger partial charge on any atom is 0.289 e. The molecule has 1 aliphatic carbocycles. The van der Waals surface area contributed by atoms with E-state index in [1.165, 1.54) is 0 Å². The van der Waals surface area contributed by atoms with Gasteiger partial charge in [-0.1, -0.05) is 35.5 Å². The van der Waals surface area contributed by atoms with Gasteiger partial charge >= 0.3 is 0 Å². The molecule has 21 heavy (non-hydrogen) atoms. The van der Waals surface area contributed by atoms with Crippen molar-refractivity contribution in [1.29, 1.82) is 0 Å². The number of nitrogens with one attached hydrogen (secondary N) is 1. The molecule has 3 rings (SSSR count). The van der Waals surface area contributed by atoms with Crippen LogP contribution >= 0.6 is 0 Å². The van der Waals surface area contributed by atoms with Crippen molar-refractivity contribution in [3.05, 3.63) is 42.2 Å². The van der Waals surface area contributed by atoms with Crippen LogP contribution in [0, 0.1) is 5.41 Å². The Balaban J connectivity index is 1.62. The number of amides is 1. The van der Waals surface area contributed by atoms with Crippen molar-refractivity contribution in [2.45, 2.75) is 19.3 Å². The zero-order valence-corrected chi connectivity index (χ0v) is 11.7. The average Bonchev–Trinajstić information content (AvgIpc) is 3.10. The fraction of sp³-hybridized carbons (Fsp3) is 0.375. The Kier molecular flexibility index (Phi) is 3.75. The van der Waals surface area contributed by atoms with Crippen LogP contribution in [0.15, 0.2) is 40.9 Å². The standard InChI is InChI=1S/C16H18N2O3/c19-9-8-16(6-7-16)11-17-15(20)14-10-13(18-21-14)12-4-2-1-3-5-12/h1-5,10,19H,6-9,11H2,(H,17,20). The van der Waals surface area contributed by atoms with Crippen molar-refractivity contribution in [2.75, 3.05) is 13.2 Å². The summed E-state index contributed by atoms with van der Waals surface area (Å²) in [6.07, 6.45) is 2.85. The normalized spacial score (nSPS) is 15.7. The first-order valence-electron chi connectivity index (χ1n) is 7.14. The van der Waals surface area contributed by atoms with Crippen molar-refractivity contribution in [1.82, 2.24) is 10.5 Å². The molecule has 1 aromatic heterocycles. The first-order chi connectivity index (χ1) is 10.2. The van der Waals surface area contributed by atoms with Crippen LogP contribution in [0.2, 0.25) is 0 Å². The highest BCUT2D eigenvalue weighted by molar-refractivity contribution is 5.92. The van der Waals surface area contributed by atoms with Gasteiger partial charge in [0, 0.05) is 24.8 Å². The predicted octanol–water partition coefficient (Wildman–Crippen LogP) is 2.23. The molecule has 1 heterocycles. The minimum Gasteiger partial charge on any atom is -0.396 e. The molecule has 5 nitrogen and oxygen atoms in total. The van der Waals surface area contributed by atoms with E-state index in [2.05, 4.69) is 10.5 Å². The van der Waals surface area contributed by atoms with E-state index < -0.39 is 0 Å². The number of nitrogens with zero attached hydrogens (tertiary/aromatic N) is 1. The van der Waals surface area contributed by atoms with Crippen LogP contribution in [0.25, 0.3) is 11.3 Å². The Hall–Kier alpha value is -2.14. The van der Waals surface area contributed by atoms with Gasteiger partial charge in [0.05, 0.1) is 0 Å². The molecule has 0 aliphatic heterocycles. The van der Waals surface area contributed by atoms with E-state index in [0.717, 1.165) is 24.8 Å². The van der Waals surface area contributed by atoms with E-state index in [1.807, 2.05) is 30.3 Å². The van der Waals surface area contributed by atoms with Crippen molar-refractivity contribution in [3.8, 4) is 11.3 Å². The summed E-state index contributed by atoms with van der Waals surface area (Å²) < 4.78 is 5.12. The third kappa shape index (κ3) is 3.13. The summed E-state index contributed by atoms with van der Waals surface area (Å²) in [7, 11) is 0. The highest BCUT2D eigenvalue weighted by atomic mass is 16.5. The lowest BCUT2D eigenvalue weighted by Crippen LogP contribution is -2.30. The average molecular weight is 286 g/mol. The van der Waals surface area contributed by atoms with Crippen molar-refractivity contribution in [2.24, 2.45) is 5.41 Å². The van der Waals surface area contributed by atoms with Crippen LogP contribution in [-0.2, 0) is 0 Å². The van der Waals surface area contributed by atoms with Crippen molar-refractivity contribution < 1.29 is 14.4 Å². The zero-order chi connectivity index (χ0) is 14.7. The molecule has 1 amide bonds. The highest BCUT2D eigenvalue weighted by Crippen LogP contribution is 2.47. The van der Waals surface area contributed by atoms with E-state index >= 15 is 0 Å². The molecule has 1 fully saturated rings. The molecule has 5 heteroatoms. The Morgan fingerprint density at radius 1 is 1.33 bits per heavy atom. The maximum absolute atomic E-state index is 12.1. The van der Waals surface area contributed by atoms with E-state index in [1.54, 1.807) is 6.07 Å². The Bertz CT molecular complexity index is 617. The van der Waals surface area contributed by atoms with E-state index in [-0.39, 0.29) is 23.7 Å². The molecule has 0 spiro atoms. The number of carbonyl (C=O) groups is 1. The van der Waals surface area contributed by atoms with Gasteiger partial charge < -0.3 is 14.9 Å². The summed E-state index contributed by atoms with van der Waals surface area (Å²) in [4.78, 5) is 12.1. The second-order valence-corrected chi connectivity index (χ2v) is 5.60. The van der Waals surface area contributed by atoms with E-state index in [9.17, 15) is 4.79 Å². The number of aliphatic hydroxyl groups is 1. The molecular formula is C16H18N2O3. The summed E-state index contributed by atoms with van der Waals surface area (Å²) in [5.74, 6) is -0.0393. The van der Waals surface area contributed by atoms with Gasteiger partial charge in [-0.25, -0.2) is 0 Å². The maximum atomic E-state index is 12.1. The van der Waals surface area contributed by atoms with Crippen LogP contribution in [0.1, 0.15) is 29.8 Å². The molecule has 0 saturated heterocycles. The second kappa shape index (κ2) is 5.69. The quantitative estimate of drug-likeness (QED) is 0.854. The number of carbonyl (C=O) groups excluding carboxylic acids is 1. The summed E-state index contributed by atoms with van der Waals surface area (Å²) in [5.41, 5.74) is 1.66. The molecule has 0 bridgehead atoms.